The summed E-state index contributed by atoms with van der Waals surface area (Å²) in [6.07, 6.45) is 6.80. The zero-order valence-electron chi connectivity index (χ0n) is 17.1. The first-order valence-corrected chi connectivity index (χ1v) is 10.5. The molecule has 0 spiro atoms. The van der Waals surface area contributed by atoms with Gasteiger partial charge in [-0.05, 0) is 61.1 Å². The molecular weight excluding hydrogens is 366 g/mol. The van der Waals surface area contributed by atoms with Gasteiger partial charge < -0.3 is 20.4 Å². The molecule has 0 amide bonds. The maximum absolute atomic E-state index is 13.0. The summed E-state index contributed by atoms with van der Waals surface area (Å²) >= 11 is 0. The molecule has 156 valence electrons. The zero-order chi connectivity index (χ0) is 20.9. The van der Waals surface area contributed by atoms with E-state index in [2.05, 4.69) is 6.92 Å². The van der Waals surface area contributed by atoms with E-state index in [0.29, 0.717) is 34.8 Å². The minimum Gasteiger partial charge on any atom is -0.456 e. The van der Waals surface area contributed by atoms with E-state index in [4.69, 9.17) is 10.2 Å². The molecule has 2 aromatic carbocycles. The average molecular weight is 398 g/mol. The maximum Gasteiger partial charge on any atom is 0.200 e. The highest BCUT2D eigenvalue weighted by molar-refractivity contribution is 5.90. The Morgan fingerprint density at radius 1 is 0.897 bits per heavy atom. The SMILES string of the molecule is CCCCCCc1ccc2c(=O)c3cc(CCC(N)(CO)CO)ccc3oc2c1. The van der Waals surface area contributed by atoms with Gasteiger partial charge in [0.1, 0.15) is 11.2 Å². The van der Waals surface area contributed by atoms with Crippen LogP contribution in [0, 0.1) is 0 Å². The summed E-state index contributed by atoms with van der Waals surface area (Å²) in [5.41, 5.74) is 8.21. The van der Waals surface area contributed by atoms with E-state index >= 15 is 0 Å². The molecule has 29 heavy (non-hydrogen) atoms. The van der Waals surface area contributed by atoms with E-state index < -0.39 is 5.54 Å². The summed E-state index contributed by atoms with van der Waals surface area (Å²) in [4.78, 5) is 13.0. The maximum atomic E-state index is 13.0. The van der Waals surface area contributed by atoms with Crippen molar-refractivity contribution in [2.45, 2.75) is 57.4 Å². The molecule has 3 rings (SSSR count). The number of aryl methyl sites for hydroxylation is 2. The van der Waals surface area contributed by atoms with Gasteiger partial charge in [0.2, 0.25) is 5.43 Å². The fourth-order valence-corrected chi connectivity index (χ4v) is 3.61. The quantitative estimate of drug-likeness (QED) is 0.358. The molecule has 5 nitrogen and oxygen atoms in total. The number of nitrogens with two attached hydrogens (primary N) is 1. The second-order valence-electron chi connectivity index (χ2n) is 8.08. The van der Waals surface area contributed by atoms with Crippen LogP contribution in [0.3, 0.4) is 0 Å². The van der Waals surface area contributed by atoms with Crippen LogP contribution in [0.25, 0.3) is 21.9 Å². The predicted molar refractivity (Wildman–Crippen MR) is 117 cm³/mol. The number of rotatable bonds is 10. The normalized spacial score (nSPS) is 12.1. The third-order valence-electron chi connectivity index (χ3n) is 5.66. The minimum absolute atomic E-state index is 0.0380. The zero-order valence-corrected chi connectivity index (χ0v) is 17.1. The van der Waals surface area contributed by atoms with Gasteiger partial charge in [-0.15, -0.1) is 0 Å². The first-order valence-electron chi connectivity index (χ1n) is 10.5. The van der Waals surface area contributed by atoms with E-state index in [1.54, 1.807) is 0 Å². The Morgan fingerprint density at radius 3 is 2.34 bits per heavy atom. The molecule has 0 bridgehead atoms. The number of aliphatic hydroxyl groups excluding tert-OH is 2. The lowest BCUT2D eigenvalue weighted by Gasteiger charge is -2.24. The summed E-state index contributed by atoms with van der Waals surface area (Å²) in [6, 6.07) is 11.4. The van der Waals surface area contributed by atoms with Crippen LogP contribution in [0.15, 0.2) is 45.6 Å². The van der Waals surface area contributed by atoms with Gasteiger partial charge in [-0.3, -0.25) is 4.79 Å². The van der Waals surface area contributed by atoms with E-state index in [-0.39, 0.29) is 18.6 Å². The summed E-state index contributed by atoms with van der Waals surface area (Å²) in [5.74, 6) is 0. The van der Waals surface area contributed by atoms with Crippen LogP contribution in [0.5, 0.6) is 0 Å². The van der Waals surface area contributed by atoms with Crippen LogP contribution >= 0.6 is 0 Å². The predicted octanol–water partition coefficient (Wildman–Crippen LogP) is 3.68. The van der Waals surface area contributed by atoms with E-state index in [0.717, 1.165) is 18.4 Å². The molecule has 4 N–H and O–H groups in total. The van der Waals surface area contributed by atoms with Crippen LogP contribution < -0.4 is 11.2 Å². The first-order chi connectivity index (χ1) is 14.0. The van der Waals surface area contributed by atoms with Crippen molar-refractivity contribution in [3.05, 3.63) is 57.7 Å². The second kappa shape index (κ2) is 9.53. The van der Waals surface area contributed by atoms with Crippen LogP contribution in [-0.4, -0.2) is 29.0 Å². The van der Waals surface area contributed by atoms with Gasteiger partial charge in [0.15, 0.2) is 0 Å². The molecule has 0 atom stereocenters. The second-order valence-corrected chi connectivity index (χ2v) is 8.08. The average Bonchev–Trinajstić information content (AvgIpc) is 2.75. The molecule has 0 aliphatic heterocycles. The Bertz CT molecular complexity index is 1020. The molecule has 3 aromatic rings. The van der Waals surface area contributed by atoms with Crippen LogP contribution in [-0.2, 0) is 12.8 Å². The van der Waals surface area contributed by atoms with Gasteiger partial charge in [0.05, 0.1) is 29.5 Å². The molecule has 1 heterocycles. The van der Waals surface area contributed by atoms with Crippen molar-refractivity contribution in [3.63, 3.8) is 0 Å². The van der Waals surface area contributed by atoms with Gasteiger partial charge in [-0.25, -0.2) is 0 Å². The highest BCUT2D eigenvalue weighted by Gasteiger charge is 2.22. The third-order valence-corrected chi connectivity index (χ3v) is 5.66. The Kier molecular flexibility index (Phi) is 7.06. The topological polar surface area (TPSA) is 96.7 Å². The number of hydrogen-bond donors (Lipinski definition) is 3. The van der Waals surface area contributed by atoms with Crippen molar-refractivity contribution in [1.29, 1.82) is 0 Å². The fraction of sp³-hybridized carbons (Fsp3) is 0.458. The van der Waals surface area contributed by atoms with Gasteiger partial charge in [0.25, 0.3) is 0 Å². The van der Waals surface area contributed by atoms with Crippen LogP contribution in [0.4, 0.5) is 0 Å². The minimum atomic E-state index is -1.02. The largest absolute Gasteiger partial charge is 0.456 e. The Labute approximate surface area is 171 Å². The number of benzene rings is 2. The number of fused-ring (bicyclic) bond motifs is 2. The summed E-state index contributed by atoms with van der Waals surface area (Å²) in [6.45, 7) is 1.63. The van der Waals surface area contributed by atoms with Crippen molar-refractivity contribution in [3.8, 4) is 0 Å². The van der Waals surface area contributed by atoms with E-state index in [1.165, 1.54) is 24.8 Å². The lowest BCUT2D eigenvalue weighted by Crippen LogP contribution is -2.47. The number of hydrogen-bond acceptors (Lipinski definition) is 5. The molecule has 5 heteroatoms. The lowest BCUT2D eigenvalue weighted by atomic mass is 9.93. The number of unbranched alkanes of at least 4 members (excludes halogenated alkanes) is 3. The van der Waals surface area contributed by atoms with Crippen molar-refractivity contribution in [1.82, 2.24) is 0 Å². The Balaban J connectivity index is 1.86. The molecule has 0 saturated heterocycles. The first kappa shape index (κ1) is 21.5. The van der Waals surface area contributed by atoms with Crippen molar-refractivity contribution in [2.75, 3.05) is 13.2 Å². The Morgan fingerprint density at radius 2 is 1.62 bits per heavy atom. The summed E-state index contributed by atoms with van der Waals surface area (Å²) in [7, 11) is 0. The molecule has 0 radical (unpaired) electrons. The molecule has 0 unspecified atom stereocenters. The summed E-state index contributed by atoms with van der Waals surface area (Å²) < 4.78 is 6.03. The number of aliphatic hydroxyl groups is 2. The molecular formula is C24H31NO4. The van der Waals surface area contributed by atoms with Crippen LogP contribution in [0.1, 0.15) is 50.2 Å². The molecule has 1 aromatic heterocycles. The third kappa shape index (κ3) is 5.04. The molecule has 0 fully saturated rings. The lowest BCUT2D eigenvalue weighted by molar-refractivity contribution is 0.115. The van der Waals surface area contributed by atoms with Gasteiger partial charge in [-0.1, -0.05) is 38.3 Å². The van der Waals surface area contributed by atoms with Crippen molar-refractivity contribution in [2.24, 2.45) is 5.73 Å². The fourth-order valence-electron chi connectivity index (χ4n) is 3.61. The monoisotopic (exact) mass is 397 g/mol. The molecule has 0 aliphatic rings. The summed E-state index contributed by atoms with van der Waals surface area (Å²) in [5, 5.41) is 19.8. The van der Waals surface area contributed by atoms with Crippen LogP contribution in [0.2, 0.25) is 0 Å². The van der Waals surface area contributed by atoms with E-state index in [1.807, 2.05) is 36.4 Å². The standard InChI is InChI=1S/C24H31NO4/c1-2-3-4-5-6-17-7-9-19-22(14-17)29-21-10-8-18(13-20(21)23(19)28)11-12-24(25,15-26)16-27/h7-10,13-14,26-27H,2-6,11-12,15-16,25H2,1H3. The van der Waals surface area contributed by atoms with Gasteiger partial charge in [0, 0.05) is 0 Å². The smallest absolute Gasteiger partial charge is 0.200 e. The van der Waals surface area contributed by atoms with Gasteiger partial charge in [-0.2, -0.15) is 0 Å². The Hall–Kier alpha value is -2.21. The highest BCUT2D eigenvalue weighted by Crippen LogP contribution is 2.23. The van der Waals surface area contributed by atoms with Crippen molar-refractivity contribution < 1.29 is 14.6 Å². The molecule has 0 saturated carbocycles. The van der Waals surface area contributed by atoms with Crippen molar-refractivity contribution >= 4 is 21.9 Å². The van der Waals surface area contributed by atoms with Gasteiger partial charge >= 0.3 is 0 Å². The highest BCUT2D eigenvalue weighted by atomic mass is 16.3. The molecule has 0 aliphatic carbocycles. The van der Waals surface area contributed by atoms with E-state index in [9.17, 15) is 15.0 Å².